The zero-order valence-corrected chi connectivity index (χ0v) is 15.3. The van der Waals surface area contributed by atoms with Crippen LogP contribution >= 0.6 is 22.6 Å². The van der Waals surface area contributed by atoms with E-state index < -0.39 is 0 Å². The molecule has 0 aliphatic heterocycles. The number of aliphatic imine (C=N–C) groups is 1. The molecule has 0 spiro atoms. The van der Waals surface area contributed by atoms with Crippen molar-refractivity contribution in [3.63, 3.8) is 0 Å². The third-order valence-corrected chi connectivity index (χ3v) is 4.32. The minimum absolute atomic E-state index is 0.959. The van der Waals surface area contributed by atoms with E-state index in [9.17, 15) is 0 Å². The predicted octanol–water partition coefficient (Wildman–Crippen LogP) is 4.90. The first kappa shape index (κ1) is 15.8. The van der Waals surface area contributed by atoms with Gasteiger partial charge in [-0.15, -0.1) is 0 Å². The predicted molar refractivity (Wildman–Crippen MR) is 107 cm³/mol. The van der Waals surface area contributed by atoms with Crippen molar-refractivity contribution in [3.05, 3.63) is 76.1 Å². The molecule has 3 aromatic rings. The number of hydrogen-bond donors (Lipinski definition) is 0. The van der Waals surface area contributed by atoms with Gasteiger partial charge < -0.3 is 9.47 Å². The Morgan fingerprint density at radius 3 is 2.30 bits per heavy atom. The minimum atomic E-state index is 0.959. The first-order valence-electron chi connectivity index (χ1n) is 7.38. The van der Waals surface area contributed by atoms with Crippen molar-refractivity contribution in [2.24, 2.45) is 4.99 Å². The molecule has 4 heteroatoms. The average Bonchev–Trinajstić information content (AvgIpc) is 3.03. The van der Waals surface area contributed by atoms with Gasteiger partial charge in [-0.25, -0.2) is 0 Å². The molecular formula is C19H18IN3. The first-order valence-corrected chi connectivity index (χ1v) is 8.46. The van der Waals surface area contributed by atoms with Crippen molar-refractivity contribution in [3.8, 4) is 5.69 Å². The van der Waals surface area contributed by atoms with Crippen LogP contribution < -0.4 is 4.90 Å². The largest absolute Gasteiger partial charge is 0.378 e. The highest BCUT2D eigenvalue weighted by atomic mass is 127. The molecule has 0 amide bonds. The summed E-state index contributed by atoms with van der Waals surface area (Å²) in [5, 5.41) is 0. The monoisotopic (exact) mass is 415 g/mol. The van der Waals surface area contributed by atoms with Gasteiger partial charge in [-0.2, -0.15) is 0 Å². The highest BCUT2D eigenvalue weighted by Gasteiger charge is 2.02. The molecule has 0 fully saturated rings. The molecule has 3 rings (SSSR count). The van der Waals surface area contributed by atoms with E-state index in [1.807, 2.05) is 38.5 Å². The molecule has 0 N–H and O–H groups in total. The summed E-state index contributed by atoms with van der Waals surface area (Å²) in [6.07, 6.45) is 3.96. The molecule has 0 aliphatic rings. The minimum Gasteiger partial charge on any atom is -0.378 e. The fourth-order valence-electron chi connectivity index (χ4n) is 2.31. The number of halogens is 1. The molecule has 116 valence electrons. The van der Waals surface area contributed by atoms with Crippen LogP contribution in [0.25, 0.3) is 5.69 Å². The summed E-state index contributed by atoms with van der Waals surface area (Å²) < 4.78 is 3.35. The Balaban J connectivity index is 1.85. The molecule has 1 heterocycles. The second-order valence-electron chi connectivity index (χ2n) is 5.45. The van der Waals surface area contributed by atoms with Gasteiger partial charge >= 0.3 is 0 Å². The second-order valence-corrected chi connectivity index (χ2v) is 6.69. The van der Waals surface area contributed by atoms with Gasteiger partial charge in [0.05, 0.1) is 17.6 Å². The highest BCUT2D eigenvalue weighted by molar-refractivity contribution is 14.1. The number of benzene rings is 2. The van der Waals surface area contributed by atoms with Crippen LogP contribution in [0.1, 0.15) is 5.69 Å². The van der Waals surface area contributed by atoms with Gasteiger partial charge in [-0.1, -0.05) is 0 Å². The molecule has 0 saturated carbocycles. The lowest BCUT2D eigenvalue weighted by atomic mass is 10.2. The SMILES string of the molecule is CN(C)c1ccc(-n2cccc2C=Nc2ccc(I)cc2)cc1. The maximum atomic E-state index is 4.56. The number of hydrogen-bond acceptors (Lipinski definition) is 2. The molecule has 0 radical (unpaired) electrons. The normalized spacial score (nSPS) is 11.1. The molecule has 0 bridgehead atoms. The zero-order valence-electron chi connectivity index (χ0n) is 13.1. The van der Waals surface area contributed by atoms with E-state index in [-0.39, 0.29) is 0 Å². The van der Waals surface area contributed by atoms with Crippen molar-refractivity contribution in [1.82, 2.24) is 4.57 Å². The van der Waals surface area contributed by atoms with Crippen LogP contribution in [0.15, 0.2) is 71.9 Å². The number of nitrogens with zero attached hydrogens (tertiary/aromatic N) is 3. The molecule has 2 aromatic carbocycles. The molecule has 23 heavy (non-hydrogen) atoms. The summed E-state index contributed by atoms with van der Waals surface area (Å²) >= 11 is 2.30. The van der Waals surface area contributed by atoms with Gasteiger partial charge in [0.1, 0.15) is 0 Å². The Morgan fingerprint density at radius 1 is 0.957 bits per heavy atom. The van der Waals surface area contributed by atoms with E-state index in [0.717, 1.165) is 17.1 Å². The summed E-state index contributed by atoms with van der Waals surface area (Å²) in [7, 11) is 4.09. The second kappa shape index (κ2) is 7.00. The van der Waals surface area contributed by atoms with E-state index in [1.165, 1.54) is 9.26 Å². The summed E-state index contributed by atoms with van der Waals surface area (Å²) in [6, 6.07) is 20.8. The topological polar surface area (TPSA) is 20.5 Å². The van der Waals surface area contributed by atoms with Crippen molar-refractivity contribution < 1.29 is 0 Å². The molecule has 0 aliphatic carbocycles. The fourth-order valence-corrected chi connectivity index (χ4v) is 2.67. The summed E-state index contributed by atoms with van der Waals surface area (Å²) in [5.74, 6) is 0. The number of rotatable bonds is 4. The number of anilines is 1. The summed E-state index contributed by atoms with van der Waals surface area (Å²) in [6.45, 7) is 0. The van der Waals surface area contributed by atoms with Gasteiger partial charge in [-0.05, 0) is 83.3 Å². The quantitative estimate of drug-likeness (QED) is 0.439. The first-order chi connectivity index (χ1) is 11.1. The van der Waals surface area contributed by atoms with E-state index in [0.29, 0.717) is 0 Å². The lowest BCUT2D eigenvalue weighted by molar-refractivity contribution is 1.06. The van der Waals surface area contributed by atoms with Crippen LogP contribution in [0.5, 0.6) is 0 Å². The fraction of sp³-hybridized carbons (Fsp3) is 0.105. The van der Waals surface area contributed by atoms with E-state index in [1.54, 1.807) is 0 Å². The smallest absolute Gasteiger partial charge is 0.0639 e. The summed E-state index contributed by atoms with van der Waals surface area (Å²) in [4.78, 5) is 6.66. The van der Waals surface area contributed by atoms with Crippen LogP contribution in [0.2, 0.25) is 0 Å². The van der Waals surface area contributed by atoms with Gasteiger partial charge in [0.2, 0.25) is 0 Å². The molecule has 0 saturated heterocycles. The maximum Gasteiger partial charge on any atom is 0.0639 e. The van der Waals surface area contributed by atoms with Crippen LogP contribution in [0, 0.1) is 3.57 Å². The van der Waals surface area contributed by atoms with Crippen LogP contribution in [-0.2, 0) is 0 Å². The highest BCUT2D eigenvalue weighted by Crippen LogP contribution is 2.18. The van der Waals surface area contributed by atoms with Gasteiger partial charge in [0.15, 0.2) is 0 Å². The third kappa shape index (κ3) is 3.82. The van der Waals surface area contributed by atoms with E-state index in [4.69, 9.17) is 0 Å². The zero-order chi connectivity index (χ0) is 16.2. The molecule has 0 unspecified atom stereocenters. The van der Waals surface area contributed by atoms with Crippen LogP contribution in [0.3, 0.4) is 0 Å². The van der Waals surface area contributed by atoms with Crippen LogP contribution in [0.4, 0.5) is 11.4 Å². The lowest BCUT2D eigenvalue weighted by Crippen LogP contribution is -2.08. The van der Waals surface area contributed by atoms with Crippen LogP contribution in [-0.4, -0.2) is 24.9 Å². The van der Waals surface area contributed by atoms with E-state index >= 15 is 0 Å². The van der Waals surface area contributed by atoms with Crippen molar-refractivity contribution in [1.29, 1.82) is 0 Å². The van der Waals surface area contributed by atoms with Gasteiger partial charge in [0.25, 0.3) is 0 Å². The Bertz CT molecular complexity index is 799. The lowest BCUT2D eigenvalue weighted by Gasteiger charge is -2.13. The standard InChI is InChI=1S/C19H18IN3/c1-22(2)17-9-11-18(12-10-17)23-13-3-4-19(23)14-21-16-7-5-15(20)6-8-16/h3-14H,1-2H3. The van der Waals surface area contributed by atoms with E-state index in [2.05, 4.69) is 85.7 Å². The molecule has 3 nitrogen and oxygen atoms in total. The maximum absolute atomic E-state index is 4.56. The molecule has 0 atom stereocenters. The van der Waals surface area contributed by atoms with Crippen molar-refractivity contribution in [2.75, 3.05) is 19.0 Å². The van der Waals surface area contributed by atoms with Crippen molar-refractivity contribution >= 4 is 40.2 Å². The Morgan fingerprint density at radius 2 is 1.65 bits per heavy atom. The third-order valence-electron chi connectivity index (χ3n) is 3.60. The Labute approximate surface area is 150 Å². The number of aromatic nitrogens is 1. The van der Waals surface area contributed by atoms with Gasteiger partial charge in [0, 0.05) is 35.2 Å². The van der Waals surface area contributed by atoms with Gasteiger partial charge in [-0.3, -0.25) is 4.99 Å². The molecular weight excluding hydrogens is 397 g/mol. The Hall–Kier alpha value is -2.08. The average molecular weight is 415 g/mol. The van der Waals surface area contributed by atoms with Crippen molar-refractivity contribution in [2.45, 2.75) is 0 Å². The Kier molecular flexibility index (Phi) is 4.81. The molecule has 1 aromatic heterocycles. The summed E-state index contributed by atoms with van der Waals surface area (Å²) in [5.41, 5.74) is 4.34.